The third-order valence-corrected chi connectivity index (χ3v) is 2.93. The van der Waals surface area contributed by atoms with Gasteiger partial charge < -0.3 is 10.6 Å². The molecular formula is C11H13ClN6O. The molecule has 0 aliphatic rings. The zero-order valence-electron chi connectivity index (χ0n) is 10.4. The summed E-state index contributed by atoms with van der Waals surface area (Å²) in [7, 11) is 0. The lowest BCUT2D eigenvalue weighted by molar-refractivity contribution is 0.249. The highest BCUT2D eigenvalue weighted by Gasteiger charge is 2.13. The van der Waals surface area contributed by atoms with Gasteiger partial charge in [-0.2, -0.15) is 5.21 Å². The van der Waals surface area contributed by atoms with Crippen LogP contribution in [0.1, 0.15) is 24.4 Å². The third kappa shape index (κ3) is 3.41. The zero-order chi connectivity index (χ0) is 13.8. The topological polar surface area (TPSA) is 95.6 Å². The molecular weight excluding hydrogens is 268 g/mol. The van der Waals surface area contributed by atoms with Crippen LogP contribution in [0.4, 0.5) is 10.5 Å². The Kier molecular flexibility index (Phi) is 3.96. The van der Waals surface area contributed by atoms with Crippen LogP contribution in [0.2, 0.25) is 5.02 Å². The lowest BCUT2D eigenvalue weighted by Crippen LogP contribution is -2.31. The van der Waals surface area contributed by atoms with Crippen molar-refractivity contribution in [1.82, 2.24) is 25.9 Å². The van der Waals surface area contributed by atoms with Crippen LogP contribution in [0.25, 0.3) is 0 Å². The number of H-pyrrole nitrogens is 1. The second-order valence-electron chi connectivity index (χ2n) is 4.05. The first-order valence-electron chi connectivity index (χ1n) is 5.63. The van der Waals surface area contributed by atoms with Gasteiger partial charge in [0.25, 0.3) is 0 Å². The summed E-state index contributed by atoms with van der Waals surface area (Å²) in [5.74, 6) is 0.414. The number of tetrazole rings is 1. The number of aromatic nitrogens is 4. The molecule has 3 N–H and O–H groups in total. The summed E-state index contributed by atoms with van der Waals surface area (Å²) >= 11 is 5.98. The van der Waals surface area contributed by atoms with Crippen molar-refractivity contribution in [2.24, 2.45) is 0 Å². The molecule has 0 radical (unpaired) electrons. The maximum atomic E-state index is 11.8. The molecule has 19 heavy (non-hydrogen) atoms. The Morgan fingerprint density at radius 1 is 1.47 bits per heavy atom. The summed E-state index contributed by atoms with van der Waals surface area (Å²) in [5.41, 5.74) is 1.57. The molecule has 0 aliphatic heterocycles. The molecule has 2 aromatic rings. The standard InChI is InChI=1S/C11H13ClN6O/c1-6-3-4-8(5-9(6)12)14-11(19)13-7(2)10-15-17-18-16-10/h3-5,7H,1-2H3,(H2,13,14,19)(H,15,16,17,18). The lowest BCUT2D eigenvalue weighted by atomic mass is 10.2. The van der Waals surface area contributed by atoms with E-state index >= 15 is 0 Å². The van der Waals surface area contributed by atoms with Gasteiger partial charge in [0.05, 0.1) is 6.04 Å². The van der Waals surface area contributed by atoms with Crippen molar-refractivity contribution in [3.05, 3.63) is 34.6 Å². The molecule has 1 aromatic heterocycles. The highest BCUT2D eigenvalue weighted by molar-refractivity contribution is 6.31. The van der Waals surface area contributed by atoms with Crippen molar-refractivity contribution in [3.8, 4) is 0 Å². The van der Waals surface area contributed by atoms with Gasteiger partial charge in [0.2, 0.25) is 0 Å². The van der Waals surface area contributed by atoms with Crippen molar-refractivity contribution in [1.29, 1.82) is 0 Å². The quantitative estimate of drug-likeness (QED) is 0.802. The van der Waals surface area contributed by atoms with Crippen LogP contribution >= 0.6 is 11.6 Å². The van der Waals surface area contributed by atoms with E-state index in [0.717, 1.165) is 5.56 Å². The van der Waals surface area contributed by atoms with E-state index in [0.29, 0.717) is 16.5 Å². The second kappa shape index (κ2) is 5.66. The van der Waals surface area contributed by atoms with Crippen LogP contribution in [0, 0.1) is 6.92 Å². The van der Waals surface area contributed by atoms with Gasteiger partial charge in [-0.3, -0.25) is 0 Å². The molecule has 0 saturated carbocycles. The highest BCUT2D eigenvalue weighted by Crippen LogP contribution is 2.19. The number of hydrogen-bond donors (Lipinski definition) is 3. The van der Waals surface area contributed by atoms with Crippen molar-refractivity contribution in [2.75, 3.05) is 5.32 Å². The van der Waals surface area contributed by atoms with E-state index in [2.05, 4.69) is 31.3 Å². The van der Waals surface area contributed by atoms with E-state index in [1.54, 1.807) is 19.1 Å². The number of benzene rings is 1. The number of anilines is 1. The largest absolute Gasteiger partial charge is 0.328 e. The van der Waals surface area contributed by atoms with E-state index in [-0.39, 0.29) is 12.1 Å². The number of aromatic amines is 1. The number of hydrogen-bond acceptors (Lipinski definition) is 4. The van der Waals surface area contributed by atoms with Gasteiger partial charge in [-0.25, -0.2) is 4.79 Å². The minimum Gasteiger partial charge on any atom is -0.328 e. The SMILES string of the molecule is Cc1ccc(NC(=O)NC(C)c2nn[nH]n2)cc1Cl. The molecule has 0 bridgehead atoms. The van der Waals surface area contributed by atoms with Crippen molar-refractivity contribution in [3.63, 3.8) is 0 Å². The first-order valence-corrected chi connectivity index (χ1v) is 6.01. The van der Waals surface area contributed by atoms with Gasteiger partial charge in [-0.15, -0.1) is 10.2 Å². The minimum atomic E-state index is -0.364. The van der Waals surface area contributed by atoms with Crippen molar-refractivity contribution >= 4 is 23.3 Å². The minimum absolute atomic E-state index is 0.348. The Hall–Kier alpha value is -2.15. The molecule has 100 valence electrons. The van der Waals surface area contributed by atoms with Gasteiger partial charge in [-0.05, 0) is 31.5 Å². The van der Waals surface area contributed by atoms with Gasteiger partial charge in [0.15, 0.2) is 5.82 Å². The number of carbonyl (C=O) groups excluding carboxylic acids is 1. The van der Waals surface area contributed by atoms with E-state index in [1.807, 2.05) is 13.0 Å². The molecule has 8 heteroatoms. The summed E-state index contributed by atoms with van der Waals surface area (Å²) in [5, 5.41) is 19.3. The maximum Gasteiger partial charge on any atom is 0.319 e. The summed E-state index contributed by atoms with van der Waals surface area (Å²) in [6, 6.07) is 4.59. The molecule has 1 aromatic carbocycles. The van der Waals surface area contributed by atoms with Crippen molar-refractivity contribution in [2.45, 2.75) is 19.9 Å². The molecule has 1 unspecified atom stereocenters. The summed E-state index contributed by atoms with van der Waals surface area (Å²) in [4.78, 5) is 11.8. The maximum absolute atomic E-state index is 11.8. The van der Waals surface area contributed by atoms with E-state index < -0.39 is 0 Å². The Labute approximate surface area is 114 Å². The van der Waals surface area contributed by atoms with Crippen molar-refractivity contribution < 1.29 is 4.79 Å². The normalized spacial score (nSPS) is 11.9. The summed E-state index contributed by atoms with van der Waals surface area (Å²) in [6.07, 6.45) is 0. The van der Waals surface area contributed by atoms with Crippen LogP contribution in [0.15, 0.2) is 18.2 Å². The average Bonchev–Trinajstić information content (AvgIpc) is 2.87. The molecule has 0 fully saturated rings. The van der Waals surface area contributed by atoms with Gasteiger partial charge >= 0.3 is 6.03 Å². The lowest BCUT2D eigenvalue weighted by Gasteiger charge is -2.11. The van der Waals surface area contributed by atoms with E-state index in [9.17, 15) is 4.79 Å². The number of carbonyl (C=O) groups is 1. The zero-order valence-corrected chi connectivity index (χ0v) is 11.2. The average molecular weight is 281 g/mol. The van der Waals surface area contributed by atoms with Crippen LogP contribution in [0.5, 0.6) is 0 Å². The molecule has 0 spiro atoms. The number of halogens is 1. The molecule has 0 aliphatic carbocycles. The number of amides is 2. The van der Waals surface area contributed by atoms with Crippen LogP contribution in [-0.4, -0.2) is 26.7 Å². The van der Waals surface area contributed by atoms with Crippen LogP contribution in [-0.2, 0) is 0 Å². The fourth-order valence-electron chi connectivity index (χ4n) is 1.45. The molecule has 0 saturated heterocycles. The molecule has 7 nitrogen and oxygen atoms in total. The van der Waals surface area contributed by atoms with E-state index in [4.69, 9.17) is 11.6 Å². The Balaban J connectivity index is 1.95. The monoisotopic (exact) mass is 280 g/mol. The first kappa shape index (κ1) is 13.3. The Bertz CT molecular complexity index is 571. The van der Waals surface area contributed by atoms with Gasteiger partial charge in [0, 0.05) is 10.7 Å². The molecule has 2 rings (SSSR count). The molecule has 1 heterocycles. The summed E-state index contributed by atoms with van der Waals surface area (Å²) in [6.45, 7) is 3.65. The third-order valence-electron chi connectivity index (χ3n) is 2.53. The molecule has 1 atom stereocenters. The predicted molar refractivity (Wildman–Crippen MR) is 70.9 cm³/mol. The van der Waals surface area contributed by atoms with Gasteiger partial charge in [0.1, 0.15) is 0 Å². The summed E-state index contributed by atoms with van der Waals surface area (Å²) < 4.78 is 0. The predicted octanol–water partition coefficient (Wildman–Crippen LogP) is 2.04. The van der Waals surface area contributed by atoms with Gasteiger partial charge in [-0.1, -0.05) is 22.9 Å². The number of rotatable bonds is 3. The van der Waals surface area contributed by atoms with Crippen LogP contribution < -0.4 is 10.6 Å². The first-order chi connectivity index (χ1) is 9.06. The highest BCUT2D eigenvalue weighted by atomic mass is 35.5. The van der Waals surface area contributed by atoms with E-state index in [1.165, 1.54) is 0 Å². The Morgan fingerprint density at radius 3 is 2.89 bits per heavy atom. The number of urea groups is 1. The number of nitrogens with one attached hydrogen (secondary N) is 3. The molecule has 2 amide bonds. The smallest absolute Gasteiger partial charge is 0.319 e. The number of nitrogens with zero attached hydrogens (tertiary/aromatic N) is 3. The fraction of sp³-hybridized carbons (Fsp3) is 0.273. The number of aryl methyl sites for hydroxylation is 1. The second-order valence-corrected chi connectivity index (χ2v) is 4.46. The van der Waals surface area contributed by atoms with Crippen LogP contribution in [0.3, 0.4) is 0 Å². The Morgan fingerprint density at radius 2 is 2.26 bits per heavy atom. The fourth-order valence-corrected chi connectivity index (χ4v) is 1.63.